The second-order valence-corrected chi connectivity index (χ2v) is 6.87. The predicted octanol–water partition coefficient (Wildman–Crippen LogP) is 1.44. The Bertz CT molecular complexity index is 417. The maximum Gasteiger partial charge on any atom is 0.317 e. The summed E-state index contributed by atoms with van der Waals surface area (Å²) < 4.78 is 0. The Morgan fingerprint density at radius 1 is 1.20 bits per heavy atom. The molecule has 0 aromatic heterocycles. The number of hydrogen-bond acceptors (Lipinski definition) is 2. The van der Waals surface area contributed by atoms with E-state index < -0.39 is 0 Å². The molecule has 3 amide bonds. The summed E-state index contributed by atoms with van der Waals surface area (Å²) in [6.07, 6.45) is 5.26. The number of urea groups is 1. The Morgan fingerprint density at radius 3 is 2.40 bits per heavy atom. The number of hydrogen-bond donors (Lipinski definition) is 1. The number of fused-ring (bicyclic) bond motifs is 2. The molecule has 2 bridgehead atoms. The van der Waals surface area contributed by atoms with E-state index in [0.717, 1.165) is 25.3 Å². The fourth-order valence-electron chi connectivity index (χ4n) is 4.28. The van der Waals surface area contributed by atoms with E-state index in [-0.39, 0.29) is 17.5 Å². The molecular formula is C15H25N3O2. The van der Waals surface area contributed by atoms with Crippen LogP contribution in [0.1, 0.15) is 39.0 Å². The van der Waals surface area contributed by atoms with E-state index in [1.807, 2.05) is 4.90 Å². The minimum atomic E-state index is -0.0249. The van der Waals surface area contributed by atoms with Crippen molar-refractivity contribution >= 4 is 11.9 Å². The van der Waals surface area contributed by atoms with Crippen LogP contribution < -0.4 is 5.32 Å². The number of amides is 3. The van der Waals surface area contributed by atoms with Gasteiger partial charge in [-0.25, -0.2) is 4.79 Å². The van der Waals surface area contributed by atoms with Crippen LogP contribution >= 0.6 is 0 Å². The van der Waals surface area contributed by atoms with Crippen molar-refractivity contribution in [2.24, 2.45) is 11.8 Å². The summed E-state index contributed by atoms with van der Waals surface area (Å²) in [5.41, 5.74) is 0.125. The largest absolute Gasteiger partial charge is 0.341 e. The lowest BCUT2D eigenvalue weighted by Gasteiger charge is -2.40. The van der Waals surface area contributed by atoms with Gasteiger partial charge in [-0.15, -0.1) is 0 Å². The van der Waals surface area contributed by atoms with Crippen molar-refractivity contribution < 1.29 is 9.59 Å². The van der Waals surface area contributed by atoms with Crippen LogP contribution in [0.3, 0.4) is 0 Å². The van der Waals surface area contributed by atoms with Gasteiger partial charge in [-0.3, -0.25) is 4.79 Å². The molecule has 3 fully saturated rings. The molecule has 2 heterocycles. The van der Waals surface area contributed by atoms with E-state index in [1.54, 1.807) is 7.05 Å². The SMILES string of the molecule is CNC(=O)N1CCC(C(=O)N2CC3CCC2(C)C3)CC1. The Hall–Kier alpha value is -1.26. The molecule has 112 valence electrons. The van der Waals surface area contributed by atoms with E-state index >= 15 is 0 Å². The van der Waals surface area contributed by atoms with Crippen LogP contribution in [-0.2, 0) is 4.79 Å². The van der Waals surface area contributed by atoms with Crippen LogP contribution in [-0.4, -0.2) is 54.0 Å². The molecule has 2 atom stereocenters. The Kier molecular flexibility index (Phi) is 3.38. The maximum absolute atomic E-state index is 12.7. The van der Waals surface area contributed by atoms with Crippen molar-refractivity contribution in [2.45, 2.75) is 44.6 Å². The first-order valence-corrected chi connectivity index (χ1v) is 7.81. The number of carbonyl (C=O) groups is 2. The van der Waals surface area contributed by atoms with Crippen molar-refractivity contribution in [3.8, 4) is 0 Å². The number of piperidine rings is 2. The van der Waals surface area contributed by atoms with Crippen LogP contribution in [0, 0.1) is 11.8 Å². The first-order chi connectivity index (χ1) is 9.53. The van der Waals surface area contributed by atoms with E-state index in [9.17, 15) is 9.59 Å². The fourth-order valence-corrected chi connectivity index (χ4v) is 4.28. The van der Waals surface area contributed by atoms with Crippen LogP contribution in [0.4, 0.5) is 4.79 Å². The number of carbonyl (C=O) groups excluding carboxylic acids is 2. The molecule has 5 nitrogen and oxygen atoms in total. The summed E-state index contributed by atoms with van der Waals surface area (Å²) in [7, 11) is 1.65. The highest BCUT2D eigenvalue weighted by molar-refractivity contribution is 5.81. The summed E-state index contributed by atoms with van der Waals surface area (Å²) in [5, 5.41) is 2.65. The lowest BCUT2D eigenvalue weighted by molar-refractivity contribution is -0.141. The van der Waals surface area contributed by atoms with Gasteiger partial charge in [0.25, 0.3) is 0 Å². The zero-order chi connectivity index (χ0) is 14.3. The van der Waals surface area contributed by atoms with Crippen molar-refractivity contribution in [1.82, 2.24) is 15.1 Å². The molecule has 5 heteroatoms. The van der Waals surface area contributed by atoms with Gasteiger partial charge >= 0.3 is 6.03 Å². The predicted molar refractivity (Wildman–Crippen MR) is 76.2 cm³/mol. The number of rotatable bonds is 1. The molecule has 0 spiro atoms. The highest BCUT2D eigenvalue weighted by Gasteiger charge is 2.50. The molecule has 0 aromatic rings. The van der Waals surface area contributed by atoms with E-state index in [0.29, 0.717) is 19.0 Å². The smallest absolute Gasteiger partial charge is 0.317 e. The van der Waals surface area contributed by atoms with E-state index in [2.05, 4.69) is 17.1 Å². The van der Waals surface area contributed by atoms with Gasteiger partial charge in [0.1, 0.15) is 0 Å². The zero-order valence-corrected chi connectivity index (χ0v) is 12.5. The fraction of sp³-hybridized carbons (Fsp3) is 0.867. The van der Waals surface area contributed by atoms with Crippen molar-refractivity contribution in [1.29, 1.82) is 0 Å². The summed E-state index contributed by atoms with van der Waals surface area (Å²) in [5.74, 6) is 1.19. The highest BCUT2D eigenvalue weighted by atomic mass is 16.2. The second kappa shape index (κ2) is 4.93. The van der Waals surface area contributed by atoms with Gasteiger partial charge < -0.3 is 15.1 Å². The second-order valence-electron chi connectivity index (χ2n) is 6.87. The van der Waals surface area contributed by atoms with Gasteiger partial charge in [0.05, 0.1) is 0 Å². The molecule has 3 rings (SSSR count). The standard InChI is InChI=1S/C15H25N3O2/c1-15-6-3-11(9-15)10-18(15)13(19)12-4-7-17(8-5-12)14(20)16-2/h11-12H,3-10H2,1-2H3,(H,16,20). The first kappa shape index (κ1) is 13.7. The average Bonchev–Trinajstić information content (AvgIpc) is 3.01. The Labute approximate surface area is 120 Å². The van der Waals surface area contributed by atoms with Gasteiger partial charge in [-0.05, 0) is 44.9 Å². The van der Waals surface area contributed by atoms with Gasteiger partial charge in [0.15, 0.2) is 0 Å². The molecule has 0 radical (unpaired) electrons. The third-order valence-corrected chi connectivity index (χ3v) is 5.52. The van der Waals surface area contributed by atoms with Gasteiger partial charge in [-0.1, -0.05) is 0 Å². The van der Waals surface area contributed by atoms with Crippen LogP contribution in [0.5, 0.6) is 0 Å². The molecule has 1 N–H and O–H groups in total. The molecule has 1 saturated carbocycles. The first-order valence-electron chi connectivity index (χ1n) is 7.81. The summed E-state index contributed by atoms with van der Waals surface area (Å²) in [6, 6.07) is -0.0249. The average molecular weight is 279 g/mol. The van der Waals surface area contributed by atoms with Gasteiger partial charge in [0.2, 0.25) is 5.91 Å². The molecular weight excluding hydrogens is 254 g/mol. The van der Waals surface area contributed by atoms with Crippen LogP contribution in [0.25, 0.3) is 0 Å². The maximum atomic E-state index is 12.7. The quantitative estimate of drug-likeness (QED) is 0.789. The topological polar surface area (TPSA) is 52.7 Å². The summed E-state index contributed by atoms with van der Waals surface area (Å²) >= 11 is 0. The molecule has 20 heavy (non-hydrogen) atoms. The summed E-state index contributed by atoms with van der Waals surface area (Å²) in [4.78, 5) is 28.3. The van der Waals surface area contributed by atoms with Gasteiger partial charge in [-0.2, -0.15) is 0 Å². The molecule has 2 unspecified atom stereocenters. The molecule has 0 aromatic carbocycles. The van der Waals surface area contributed by atoms with Crippen molar-refractivity contribution in [3.63, 3.8) is 0 Å². The zero-order valence-electron chi connectivity index (χ0n) is 12.5. The molecule has 1 aliphatic carbocycles. The third-order valence-electron chi connectivity index (χ3n) is 5.52. The van der Waals surface area contributed by atoms with E-state index in [4.69, 9.17) is 0 Å². The Balaban J connectivity index is 1.59. The van der Waals surface area contributed by atoms with Crippen LogP contribution in [0.2, 0.25) is 0 Å². The van der Waals surface area contributed by atoms with Crippen molar-refractivity contribution in [3.05, 3.63) is 0 Å². The third kappa shape index (κ3) is 2.17. The van der Waals surface area contributed by atoms with E-state index in [1.165, 1.54) is 19.3 Å². The minimum absolute atomic E-state index is 0.0249. The lowest BCUT2D eigenvalue weighted by atomic mass is 9.92. The monoisotopic (exact) mass is 279 g/mol. The molecule has 2 aliphatic heterocycles. The number of likely N-dealkylation sites (tertiary alicyclic amines) is 2. The normalized spacial score (nSPS) is 33.6. The van der Waals surface area contributed by atoms with Crippen LogP contribution in [0.15, 0.2) is 0 Å². The number of nitrogens with one attached hydrogen (secondary N) is 1. The van der Waals surface area contributed by atoms with Gasteiger partial charge in [0, 0.05) is 38.1 Å². The molecule has 3 aliphatic rings. The highest BCUT2D eigenvalue weighted by Crippen LogP contribution is 2.46. The Morgan fingerprint density at radius 2 is 1.90 bits per heavy atom. The summed E-state index contributed by atoms with van der Waals surface area (Å²) in [6.45, 7) is 4.61. The molecule has 2 saturated heterocycles. The van der Waals surface area contributed by atoms with Crippen molar-refractivity contribution in [2.75, 3.05) is 26.7 Å². The minimum Gasteiger partial charge on any atom is -0.341 e. The lowest BCUT2D eigenvalue weighted by Crippen LogP contribution is -2.51. The number of nitrogens with zero attached hydrogens (tertiary/aromatic N) is 2.